The number of esters is 1. The molecule has 0 unspecified atom stereocenters. The van der Waals surface area contributed by atoms with Crippen molar-refractivity contribution < 1.29 is 19.1 Å². The average Bonchev–Trinajstić information content (AvgIpc) is 2.56. The van der Waals surface area contributed by atoms with Gasteiger partial charge in [0.05, 0.1) is 12.2 Å². The molecule has 23 heavy (non-hydrogen) atoms. The number of benzene rings is 2. The molecule has 2 aromatic rings. The molecule has 5 nitrogen and oxygen atoms in total. The maximum Gasteiger partial charge on any atom is 0.338 e. The summed E-state index contributed by atoms with van der Waals surface area (Å²) in [5.74, 6) is -0.685. The van der Waals surface area contributed by atoms with Gasteiger partial charge < -0.3 is 14.8 Å². The van der Waals surface area contributed by atoms with Gasteiger partial charge >= 0.3 is 5.97 Å². The van der Waals surface area contributed by atoms with Gasteiger partial charge in [0.1, 0.15) is 6.61 Å². The van der Waals surface area contributed by atoms with Gasteiger partial charge in [-0.15, -0.1) is 0 Å². The Labute approximate surface area is 139 Å². The van der Waals surface area contributed by atoms with Crippen LogP contribution in [0.25, 0.3) is 0 Å². The van der Waals surface area contributed by atoms with Crippen LogP contribution < -0.4 is 5.32 Å². The minimum atomic E-state index is -0.433. The molecule has 0 aliphatic rings. The normalized spacial score (nSPS) is 10.2. The fraction of sp³-hybridized carbons (Fsp3) is 0.176. The zero-order chi connectivity index (χ0) is 16.7. The molecule has 2 rings (SSSR count). The molecule has 0 saturated carbocycles. The maximum atomic E-state index is 12.1. The number of rotatable bonds is 6. The first kappa shape index (κ1) is 17.0. The molecule has 0 spiro atoms. The summed E-state index contributed by atoms with van der Waals surface area (Å²) in [6.45, 7) is 0.547. The molecule has 0 fully saturated rings. The molecule has 120 valence electrons. The number of hydrogen-bond acceptors (Lipinski definition) is 4. The number of hydrogen-bond donors (Lipinski definition) is 1. The Bertz CT molecular complexity index is 668. The van der Waals surface area contributed by atoms with Crippen molar-refractivity contribution >= 4 is 29.2 Å². The molecule has 0 heterocycles. The monoisotopic (exact) mass is 333 g/mol. The second-order valence-electron chi connectivity index (χ2n) is 4.67. The van der Waals surface area contributed by atoms with Gasteiger partial charge in [0.25, 0.3) is 5.91 Å². The Morgan fingerprint density at radius 3 is 2.17 bits per heavy atom. The number of ether oxygens (including phenoxy) is 2. The number of carbonyl (C=O) groups excluding carboxylic acids is 2. The Hall–Kier alpha value is -2.37. The molecular weight excluding hydrogens is 318 g/mol. The van der Waals surface area contributed by atoms with E-state index in [9.17, 15) is 9.59 Å². The summed E-state index contributed by atoms with van der Waals surface area (Å²) < 4.78 is 9.81. The third-order valence-corrected chi connectivity index (χ3v) is 3.26. The number of amides is 1. The zero-order valence-corrected chi connectivity index (χ0v) is 13.3. The van der Waals surface area contributed by atoms with Crippen LogP contribution in [0, 0.1) is 0 Å². The van der Waals surface area contributed by atoms with E-state index in [1.807, 2.05) is 0 Å². The van der Waals surface area contributed by atoms with Crippen LogP contribution in [-0.4, -0.2) is 32.2 Å². The van der Waals surface area contributed by atoms with Crippen LogP contribution in [-0.2, 0) is 9.47 Å². The SMILES string of the molecule is COCCOC(=O)c1ccc(NC(=O)c2ccc(Cl)cc2)cc1. The van der Waals surface area contributed by atoms with Crippen molar-refractivity contribution in [3.63, 3.8) is 0 Å². The lowest BCUT2D eigenvalue weighted by atomic mass is 10.2. The van der Waals surface area contributed by atoms with Crippen molar-refractivity contribution in [1.29, 1.82) is 0 Å². The van der Waals surface area contributed by atoms with Crippen LogP contribution in [0.4, 0.5) is 5.69 Å². The Morgan fingerprint density at radius 1 is 0.957 bits per heavy atom. The topological polar surface area (TPSA) is 64.6 Å². The lowest BCUT2D eigenvalue weighted by Gasteiger charge is -2.07. The van der Waals surface area contributed by atoms with Gasteiger partial charge in [-0.25, -0.2) is 4.79 Å². The van der Waals surface area contributed by atoms with Crippen molar-refractivity contribution in [2.24, 2.45) is 0 Å². The van der Waals surface area contributed by atoms with Crippen LogP contribution in [0.5, 0.6) is 0 Å². The molecule has 0 saturated heterocycles. The van der Waals surface area contributed by atoms with E-state index in [1.165, 1.54) is 7.11 Å². The van der Waals surface area contributed by atoms with E-state index in [-0.39, 0.29) is 12.5 Å². The molecular formula is C17H16ClNO4. The third-order valence-electron chi connectivity index (χ3n) is 3.01. The first-order valence-corrected chi connectivity index (χ1v) is 7.31. The molecule has 1 N–H and O–H groups in total. The number of methoxy groups -OCH3 is 1. The average molecular weight is 334 g/mol. The quantitative estimate of drug-likeness (QED) is 0.650. The summed E-state index contributed by atoms with van der Waals surface area (Å²) in [5, 5.41) is 3.31. The molecule has 0 aromatic heterocycles. The van der Waals surface area contributed by atoms with E-state index in [1.54, 1.807) is 48.5 Å². The molecule has 0 bridgehead atoms. The van der Waals surface area contributed by atoms with Crippen LogP contribution in [0.3, 0.4) is 0 Å². The zero-order valence-electron chi connectivity index (χ0n) is 12.5. The van der Waals surface area contributed by atoms with E-state index < -0.39 is 5.97 Å². The van der Waals surface area contributed by atoms with Crippen molar-refractivity contribution in [2.45, 2.75) is 0 Å². The Kier molecular flexibility index (Phi) is 6.14. The fourth-order valence-electron chi connectivity index (χ4n) is 1.80. The Morgan fingerprint density at radius 2 is 1.57 bits per heavy atom. The maximum absolute atomic E-state index is 12.1. The molecule has 2 aromatic carbocycles. The molecule has 6 heteroatoms. The highest BCUT2D eigenvalue weighted by molar-refractivity contribution is 6.30. The number of halogens is 1. The summed E-state index contributed by atoms with van der Waals surface area (Å²) in [4.78, 5) is 23.8. The number of anilines is 1. The predicted octanol–water partition coefficient (Wildman–Crippen LogP) is 3.40. The highest BCUT2D eigenvalue weighted by atomic mass is 35.5. The van der Waals surface area contributed by atoms with Crippen LogP contribution >= 0.6 is 11.6 Å². The predicted molar refractivity (Wildman–Crippen MR) is 88.0 cm³/mol. The van der Waals surface area contributed by atoms with Crippen LogP contribution in [0.1, 0.15) is 20.7 Å². The standard InChI is InChI=1S/C17H16ClNO4/c1-22-10-11-23-17(21)13-4-8-15(9-5-13)19-16(20)12-2-6-14(18)7-3-12/h2-9H,10-11H2,1H3,(H,19,20). The summed E-state index contributed by atoms with van der Waals surface area (Å²) >= 11 is 5.79. The molecule has 1 amide bonds. The lowest BCUT2D eigenvalue weighted by Crippen LogP contribution is -2.12. The van der Waals surface area contributed by atoms with Gasteiger partial charge in [-0.2, -0.15) is 0 Å². The molecule has 0 aliphatic carbocycles. The van der Waals surface area contributed by atoms with E-state index in [2.05, 4.69) is 5.32 Å². The fourth-order valence-corrected chi connectivity index (χ4v) is 1.92. The van der Waals surface area contributed by atoms with E-state index in [0.29, 0.717) is 28.4 Å². The molecule has 0 atom stereocenters. The summed E-state index contributed by atoms with van der Waals surface area (Å²) in [6.07, 6.45) is 0. The van der Waals surface area contributed by atoms with Crippen molar-refractivity contribution in [1.82, 2.24) is 0 Å². The summed E-state index contributed by atoms with van der Waals surface area (Å²) in [5.41, 5.74) is 1.49. The van der Waals surface area contributed by atoms with Gasteiger partial charge in [-0.3, -0.25) is 4.79 Å². The first-order chi connectivity index (χ1) is 11.1. The molecule has 0 radical (unpaired) electrons. The smallest absolute Gasteiger partial charge is 0.338 e. The first-order valence-electron chi connectivity index (χ1n) is 6.93. The summed E-state index contributed by atoms with van der Waals surface area (Å²) in [6, 6.07) is 13.0. The number of nitrogens with one attached hydrogen (secondary N) is 1. The Balaban J connectivity index is 1.95. The molecule has 0 aliphatic heterocycles. The van der Waals surface area contributed by atoms with E-state index in [0.717, 1.165) is 0 Å². The lowest BCUT2D eigenvalue weighted by molar-refractivity contribution is 0.0388. The van der Waals surface area contributed by atoms with Crippen molar-refractivity contribution in [3.8, 4) is 0 Å². The second kappa shape index (κ2) is 8.31. The third kappa shape index (κ3) is 5.09. The van der Waals surface area contributed by atoms with Crippen molar-refractivity contribution in [3.05, 3.63) is 64.7 Å². The largest absolute Gasteiger partial charge is 0.460 e. The minimum absolute atomic E-state index is 0.199. The van der Waals surface area contributed by atoms with Gasteiger partial charge in [0.15, 0.2) is 0 Å². The number of carbonyl (C=O) groups is 2. The van der Waals surface area contributed by atoms with Gasteiger partial charge in [0.2, 0.25) is 0 Å². The van der Waals surface area contributed by atoms with Gasteiger partial charge in [-0.05, 0) is 48.5 Å². The second-order valence-corrected chi connectivity index (χ2v) is 5.10. The van der Waals surface area contributed by atoms with Crippen LogP contribution in [0.15, 0.2) is 48.5 Å². The highest BCUT2D eigenvalue weighted by Crippen LogP contribution is 2.14. The van der Waals surface area contributed by atoms with Gasteiger partial charge in [0, 0.05) is 23.4 Å². The van der Waals surface area contributed by atoms with E-state index in [4.69, 9.17) is 21.1 Å². The van der Waals surface area contributed by atoms with Gasteiger partial charge in [-0.1, -0.05) is 11.6 Å². The van der Waals surface area contributed by atoms with Crippen LogP contribution in [0.2, 0.25) is 5.02 Å². The van der Waals surface area contributed by atoms with E-state index >= 15 is 0 Å². The summed E-state index contributed by atoms with van der Waals surface area (Å²) in [7, 11) is 1.53. The minimum Gasteiger partial charge on any atom is -0.460 e. The highest BCUT2D eigenvalue weighted by Gasteiger charge is 2.09. The van der Waals surface area contributed by atoms with Crippen molar-refractivity contribution in [2.75, 3.05) is 25.6 Å².